The van der Waals surface area contributed by atoms with Gasteiger partial charge in [-0.15, -0.1) is 0 Å². The van der Waals surface area contributed by atoms with E-state index in [-0.39, 0.29) is 0 Å². The Hall–Kier alpha value is -2.33. The number of anilines is 2. The molecule has 4 rings (SSSR count). The minimum absolute atomic E-state index is 0.492. The highest BCUT2D eigenvalue weighted by atomic mass is 35.5. The maximum atomic E-state index is 5.96. The van der Waals surface area contributed by atoms with E-state index in [1.54, 1.807) is 0 Å². The molecule has 128 valence electrons. The van der Waals surface area contributed by atoms with Gasteiger partial charge in [0.2, 0.25) is 0 Å². The van der Waals surface area contributed by atoms with Gasteiger partial charge in [0, 0.05) is 17.6 Å². The third-order valence-electron chi connectivity index (χ3n) is 4.64. The van der Waals surface area contributed by atoms with E-state index in [0.717, 1.165) is 33.3 Å². The topological polar surface area (TPSA) is 49.8 Å². The lowest BCUT2D eigenvalue weighted by atomic mass is 10.2. The largest absolute Gasteiger partial charge is 0.364 e. The van der Waals surface area contributed by atoms with Gasteiger partial charge < -0.3 is 10.6 Å². The van der Waals surface area contributed by atoms with Crippen LogP contribution < -0.4 is 10.6 Å². The van der Waals surface area contributed by atoms with Crippen molar-refractivity contribution >= 4 is 34.3 Å². The van der Waals surface area contributed by atoms with Crippen LogP contribution in [0.5, 0.6) is 0 Å². The minimum Gasteiger partial charge on any atom is -0.364 e. The zero-order valence-electron chi connectivity index (χ0n) is 14.0. The number of benzene rings is 2. The van der Waals surface area contributed by atoms with E-state index in [4.69, 9.17) is 21.6 Å². The Balaban J connectivity index is 1.60. The lowest BCUT2D eigenvalue weighted by Gasteiger charge is -2.17. The molecule has 1 aromatic heterocycles. The lowest BCUT2D eigenvalue weighted by molar-refractivity contribution is 0.750. The number of hydrogen-bond acceptors (Lipinski definition) is 4. The molecule has 1 aliphatic rings. The number of fused-ring (bicyclic) bond motifs is 1. The Bertz CT molecular complexity index is 857. The van der Waals surface area contributed by atoms with Gasteiger partial charge in [0.25, 0.3) is 0 Å². The molecule has 0 atom stereocenters. The average Bonchev–Trinajstić information content (AvgIpc) is 3.14. The van der Waals surface area contributed by atoms with Gasteiger partial charge in [-0.05, 0) is 42.7 Å². The van der Waals surface area contributed by atoms with E-state index in [1.807, 2.05) is 48.5 Å². The second-order valence-electron chi connectivity index (χ2n) is 6.52. The summed E-state index contributed by atoms with van der Waals surface area (Å²) >= 11 is 5.96. The van der Waals surface area contributed by atoms with Gasteiger partial charge in [-0.2, -0.15) is 0 Å². The van der Waals surface area contributed by atoms with E-state index in [1.165, 1.54) is 25.7 Å². The molecule has 1 saturated carbocycles. The fourth-order valence-corrected chi connectivity index (χ4v) is 3.40. The molecule has 3 aromatic rings. The molecule has 5 heteroatoms. The predicted octanol–water partition coefficient (Wildman–Crippen LogP) is 5.25. The van der Waals surface area contributed by atoms with Crippen molar-refractivity contribution in [2.75, 3.05) is 10.6 Å². The molecule has 0 aliphatic heterocycles. The first kappa shape index (κ1) is 16.2. The number of nitrogens with zero attached hydrogens (tertiary/aromatic N) is 2. The molecule has 0 radical (unpaired) electrons. The molecule has 25 heavy (non-hydrogen) atoms. The monoisotopic (exact) mass is 352 g/mol. The van der Waals surface area contributed by atoms with Crippen LogP contribution in [-0.4, -0.2) is 16.0 Å². The van der Waals surface area contributed by atoms with Crippen LogP contribution in [0, 0.1) is 0 Å². The van der Waals surface area contributed by atoms with Gasteiger partial charge in [-0.25, -0.2) is 9.97 Å². The number of hydrogen-bond donors (Lipinski definition) is 2. The normalized spacial score (nSPS) is 14.8. The van der Waals surface area contributed by atoms with Crippen LogP contribution >= 0.6 is 11.6 Å². The third kappa shape index (κ3) is 3.85. The maximum Gasteiger partial charge on any atom is 0.170 e. The molecule has 0 spiro atoms. The van der Waals surface area contributed by atoms with Crippen LogP contribution in [0.4, 0.5) is 11.6 Å². The number of rotatable bonds is 5. The molecular formula is C20H21ClN4. The summed E-state index contributed by atoms with van der Waals surface area (Å²) in [7, 11) is 0. The summed E-state index contributed by atoms with van der Waals surface area (Å²) in [6.45, 7) is 0.684. The van der Waals surface area contributed by atoms with Gasteiger partial charge in [0.15, 0.2) is 11.6 Å². The van der Waals surface area contributed by atoms with Gasteiger partial charge in [0.1, 0.15) is 0 Å². The average molecular weight is 353 g/mol. The second kappa shape index (κ2) is 7.28. The van der Waals surface area contributed by atoms with Crippen molar-refractivity contribution < 1.29 is 0 Å². The van der Waals surface area contributed by atoms with Crippen LogP contribution in [-0.2, 0) is 6.54 Å². The molecule has 0 amide bonds. The summed E-state index contributed by atoms with van der Waals surface area (Å²) in [5.41, 5.74) is 2.98. The molecule has 0 unspecified atom stereocenters. The fourth-order valence-electron chi connectivity index (χ4n) is 3.28. The maximum absolute atomic E-state index is 5.96. The molecule has 2 aromatic carbocycles. The van der Waals surface area contributed by atoms with Crippen LogP contribution in [0.2, 0.25) is 5.02 Å². The lowest BCUT2D eigenvalue weighted by Crippen LogP contribution is -2.18. The first-order valence-electron chi connectivity index (χ1n) is 8.79. The standard InChI is InChI=1S/C20H21ClN4/c21-15-11-9-14(10-12-15)13-22-19-20(23-16-5-1-2-6-16)25-18-8-4-3-7-17(18)24-19/h3-4,7-12,16H,1-2,5-6,13H2,(H,22,24)(H,23,25). The van der Waals surface area contributed by atoms with Crippen molar-refractivity contribution in [2.45, 2.75) is 38.3 Å². The summed E-state index contributed by atoms with van der Waals surface area (Å²) in [4.78, 5) is 9.60. The number of aromatic nitrogens is 2. The molecular weight excluding hydrogens is 332 g/mol. The molecule has 4 nitrogen and oxygen atoms in total. The quantitative estimate of drug-likeness (QED) is 0.658. The van der Waals surface area contributed by atoms with E-state index in [2.05, 4.69) is 10.6 Å². The second-order valence-corrected chi connectivity index (χ2v) is 6.95. The highest BCUT2D eigenvalue weighted by molar-refractivity contribution is 6.30. The predicted molar refractivity (Wildman–Crippen MR) is 104 cm³/mol. The molecule has 2 N–H and O–H groups in total. The van der Waals surface area contributed by atoms with E-state index < -0.39 is 0 Å². The Morgan fingerprint density at radius 1 is 0.880 bits per heavy atom. The third-order valence-corrected chi connectivity index (χ3v) is 4.89. The van der Waals surface area contributed by atoms with Crippen molar-refractivity contribution in [1.29, 1.82) is 0 Å². The first-order chi connectivity index (χ1) is 12.3. The molecule has 1 heterocycles. The number of para-hydroxylation sites is 2. The van der Waals surface area contributed by atoms with Crippen molar-refractivity contribution in [1.82, 2.24) is 9.97 Å². The van der Waals surface area contributed by atoms with E-state index in [0.29, 0.717) is 12.6 Å². The van der Waals surface area contributed by atoms with Crippen LogP contribution in [0.25, 0.3) is 11.0 Å². The molecule has 0 bridgehead atoms. The minimum atomic E-state index is 0.492. The van der Waals surface area contributed by atoms with Crippen molar-refractivity contribution in [2.24, 2.45) is 0 Å². The van der Waals surface area contributed by atoms with Crippen LogP contribution in [0.3, 0.4) is 0 Å². The van der Waals surface area contributed by atoms with Gasteiger partial charge in [-0.3, -0.25) is 0 Å². The molecule has 1 fully saturated rings. The SMILES string of the molecule is Clc1ccc(CNc2nc3ccccc3nc2NC2CCCC2)cc1. The Morgan fingerprint density at radius 3 is 2.20 bits per heavy atom. The van der Waals surface area contributed by atoms with Crippen molar-refractivity contribution in [3.8, 4) is 0 Å². The van der Waals surface area contributed by atoms with Crippen molar-refractivity contribution in [3.05, 3.63) is 59.1 Å². The highest BCUT2D eigenvalue weighted by Crippen LogP contribution is 2.27. The molecule has 1 aliphatic carbocycles. The van der Waals surface area contributed by atoms with E-state index >= 15 is 0 Å². The van der Waals surface area contributed by atoms with Gasteiger partial charge in [0.05, 0.1) is 11.0 Å². The number of nitrogens with one attached hydrogen (secondary N) is 2. The molecule has 0 saturated heterocycles. The summed E-state index contributed by atoms with van der Waals surface area (Å²) in [6, 6.07) is 16.3. The van der Waals surface area contributed by atoms with Gasteiger partial charge >= 0.3 is 0 Å². The summed E-state index contributed by atoms with van der Waals surface area (Å²) in [5, 5.41) is 7.77. The van der Waals surface area contributed by atoms with Crippen LogP contribution in [0.1, 0.15) is 31.2 Å². The van der Waals surface area contributed by atoms with Crippen LogP contribution in [0.15, 0.2) is 48.5 Å². The van der Waals surface area contributed by atoms with Gasteiger partial charge in [-0.1, -0.05) is 48.7 Å². The zero-order chi connectivity index (χ0) is 17.1. The Kier molecular flexibility index (Phi) is 4.70. The van der Waals surface area contributed by atoms with E-state index in [9.17, 15) is 0 Å². The Morgan fingerprint density at radius 2 is 1.52 bits per heavy atom. The summed E-state index contributed by atoms with van der Waals surface area (Å²) < 4.78 is 0. The fraction of sp³-hybridized carbons (Fsp3) is 0.300. The summed E-state index contributed by atoms with van der Waals surface area (Å²) in [6.07, 6.45) is 4.97. The number of halogens is 1. The first-order valence-corrected chi connectivity index (χ1v) is 9.17. The summed E-state index contributed by atoms with van der Waals surface area (Å²) in [5.74, 6) is 1.65. The van der Waals surface area contributed by atoms with Crippen molar-refractivity contribution in [3.63, 3.8) is 0 Å². The smallest absolute Gasteiger partial charge is 0.170 e. The zero-order valence-corrected chi connectivity index (χ0v) is 14.8. The highest BCUT2D eigenvalue weighted by Gasteiger charge is 2.18. The Labute approximate surface area is 152 Å².